The summed E-state index contributed by atoms with van der Waals surface area (Å²) in [7, 11) is 0. The molecule has 8 heteroatoms. The van der Waals surface area contributed by atoms with E-state index in [1.807, 2.05) is 0 Å². The molecule has 0 aliphatic rings. The molecule has 3 nitrogen and oxygen atoms in total. The summed E-state index contributed by atoms with van der Waals surface area (Å²) in [6.45, 7) is 0. The van der Waals surface area contributed by atoms with Crippen LogP contribution in [0.5, 0.6) is 0 Å². The maximum atomic E-state index is 10.3. The zero-order chi connectivity index (χ0) is 7.56. The Balaban J connectivity index is -0.0000000667. The first-order valence-corrected chi connectivity index (χ1v) is 3.07. The molecule has 1 rings (SSSR count). The predicted molar refractivity (Wildman–Crippen MR) is 42.0 cm³/mol. The molecule has 0 heterocycles. The van der Waals surface area contributed by atoms with E-state index in [4.69, 9.17) is 16.7 Å². The standard InChI is InChI=1S/C7H5ClO2.3ClH.H2O.Tb/c8-6-4-2-1-3-5(6)7(9)10;;;;;/h1-4H,(H,9,10);3*1H;1H2;/q;;;;;+3/p-3. The van der Waals surface area contributed by atoms with Crippen LogP contribution in [0.15, 0.2) is 24.3 Å². The fourth-order valence-electron chi connectivity index (χ4n) is 0.635. The Morgan fingerprint density at radius 1 is 1.13 bits per heavy atom. The van der Waals surface area contributed by atoms with E-state index in [9.17, 15) is 4.79 Å². The molecule has 15 heavy (non-hydrogen) atoms. The SMILES string of the molecule is O.O=C(O)c1ccccc1Cl.[Cl-].[Cl-].[Cl-].[Tb+3]. The Labute approximate surface area is 142 Å². The van der Waals surface area contributed by atoms with Gasteiger partial charge in [0.05, 0.1) is 10.6 Å². The van der Waals surface area contributed by atoms with E-state index >= 15 is 0 Å². The van der Waals surface area contributed by atoms with Gasteiger partial charge in [-0.15, -0.1) is 0 Å². The molecule has 0 saturated carbocycles. The number of carboxylic acids is 1. The second kappa shape index (κ2) is 15.1. The normalized spacial score (nSPS) is 6.20. The van der Waals surface area contributed by atoms with E-state index in [2.05, 4.69) is 0 Å². The average Bonchev–Trinajstić information content (AvgIpc) is 1.88. The van der Waals surface area contributed by atoms with Crippen molar-refractivity contribution < 1.29 is 91.2 Å². The van der Waals surface area contributed by atoms with Gasteiger partial charge in [0, 0.05) is 0 Å². The monoisotopic (exact) mass is 438 g/mol. The number of benzene rings is 1. The Kier molecular flexibility index (Phi) is 30.0. The summed E-state index contributed by atoms with van der Waals surface area (Å²) in [5.41, 5.74) is 0.143. The van der Waals surface area contributed by atoms with Crippen molar-refractivity contribution in [2.45, 2.75) is 0 Å². The third kappa shape index (κ3) is 9.99. The van der Waals surface area contributed by atoms with E-state index < -0.39 is 5.97 Å². The number of halogens is 4. The molecule has 0 saturated heterocycles. The minimum Gasteiger partial charge on any atom is -1.00 e. The van der Waals surface area contributed by atoms with Gasteiger partial charge >= 0.3 is 44.6 Å². The van der Waals surface area contributed by atoms with Gasteiger partial charge in [0.25, 0.3) is 0 Å². The summed E-state index contributed by atoms with van der Waals surface area (Å²) in [5.74, 6) is -0.995. The first kappa shape index (κ1) is 29.8. The van der Waals surface area contributed by atoms with Crippen molar-refractivity contribution in [1.82, 2.24) is 0 Å². The van der Waals surface area contributed by atoms with Gasteiger partial charge in [-0.3, -0.25) is 0 Å². The van der Waals surface area contributed by atoms with Crippen LogP contribution in [0, 0.1) is 38.6 Å². The van der Waals surface area contributed by atoms with Crippen molar-refractivity contribution in [3.05, 3.63) is 34.9 Å². The molecule has 0 spiro atoms. The van der Waals surface area contributed by atoms with Gasteiger partial charge in [0.2, 0.25) is 0 Å². The van der Waals surface area contributed by atoms with Crippen molar-refractivity contribution in [1.29, 1.82) is 0 Å². The van der Waals surface area contributed by atoms with E-state index in [-0.39, 0.29) is 91.9 Å². The van der Waals surface area contributed by atoms with Crippen LogP contribution >= 0.6 is 11.6 Å². The van der Waals surface area contributed by atoms with E-state index in [1.54, 1.807) is 18.2 Å². The average molecular weight is 440 g/mol. The summed E-state index contributed by atoms with van der Waals surface area (Å²) >= 11 is 5.54. The summed E-state index contributed by atoms with van der Waals surface area (Å²) in [6, 6.07) is 6.33. The fraction of sp³-hybridized carbons (Fsp3) is 0. The molecule has 0 aromatic heterocycles. The molecule has 0 aliphatic carbocycles. The van der Waals surface area contributed by atoms with Crippen LogP contribution in [-0.2, 0) is 0 Å². The third-order valence-electron chi connectivity index (χ3n) is 1.10. The minimum atomic E-state index is -0.995. The zero-order valence-corrected chi connectivity index (χ0v) is 12.2. The molecule has 1 aromatic rings. The quantitative estimate of drug-likeness (QED) is 0.472. The summed E-state index contributed by atoms with van der Waals surface area (Å²) < 4.78 is 0. The second-order valence-corrected chi connectivity index (χ2v) is 2.19. The number of hydrogen-bond donors (Lipinski definition) is 1. The zero-order valence-electron chi connectivity index (χ0n) is 7.01. The van der Waals surface area contributed by atoms with Gasteiger partial charge in [0.1, 0.15) is 0 Å². The van der Waals surface area contributed by atoms with Crippen molar-refractivity contribution >= 4 is 17.6 Å². The molecular formula is C7H7Cl4O3Tb. The molecule has 0 bridgehead atoms. The van der Waals surface area contributed by atoms with Crippen LogP contribution in [0.2, 0.25) is 5.02 Å². The first-order chi connectivity index (χ1) is 4.72. The molecule has 0 aliphatic heterocycles. The molecule has 0 unspecified atom stereocenters. The smallest absolute Gasteiger partial charge is 1.00 e. The van der Waals surface area contributed by atoms with Gasteiger partial charge < -0.3 is 47.8 Å². The van der Waals surface area contributed by atoms with E-state index in [0.717, 1.165) is 0 Å². The maximum absolute atomic E-state index is 10.3. The Bertz CT molecular complexity index is 272. The van der Waals surface area contributed by atoms with Crippen molar-refractivity contribution in [3.63, 3.8) is 0 Å². The molecule has 0 atom stereocenters. The van der Waals surface area contributed by atoms with Gasteiger partial charge in [-0.1, -0.05) is 23.7 Å². The first-order valence-electron chi connectivity index (χ1n) is 2.69. The van der Waals surface area contributed by atoms with Crippen molar-refractivity contribution in [3.8, 4) is 0 Å². The minimum absolute atomic E-state index is 0. The molecule has 90 valence electrons. The van der Waals surface area contributed by atoms with Crippen molar-refractivity contribution in [2.75, 3.05) is 0 Å². The number of carboxylic acid groups (broad SMARTS) is 1. The van der Waals surface area contributed by atoms with Gasteiger partial charge in [-0.25, -0.2) is 4.79 Å². The van der Waals surface area contributed by atoms with Crippen LogP contribution in [0.3, 0.4) is 0 Å². The molecule has 0 fully saturated rings. The summed E-state index contributed by atoms with van der Waals surface area (Å²) in [4.78, 5) is 10.3. The Morgan fingerprint density at radius 2 is 1.53 bits per heavy atom. The number of aromatic carboxylic acids is 1. The van der Waals surface area contributed by atoms with Crippen LogP contribution in [0.1, 0.15) is 10.4 Å². The van der Waals surface area contributed by atoms with Crippen molar-refractivity contribution in [2.24, 2.45) is 0 Å². The molecule has 3 N–H and O–H groups in total. The van der Waals surface area contributed by atoms with Crippen LogP contribution in [0.4, 0.5) is 0 Å². The summed E-state index contributed by atoms with van der Waals surface area (Å²) in [5, 5.41) is 8.75. The van der Waals surface area contributed by atoms with Crippen LogP contribution in [-0.4, -0.2) is 16.6 Å². The van der Waals surface area contributed by atoms with Gasteiger partial charge in [-0.05, 0) is 12.1 Å². The number of carbonyl (C=O) groups is 1. The second-order valence-electron chi connectivity index (χ2n) is 1.78. The Morgan fingerprint density at radius 3 is 1.80 bits per heavy atom. The largest absolute Gasteiger partial charge is 3.00 e. The van der Waals surface area contributed by atoms with Gasteiger partial charge in [-0.2, -0.15) is 0 Å². The number of rotatable bonds is 1. The number of hydrogen-bond acceptors (Lipinski definition) is 1. The molecule has 0 radical (unpaired) electrons. The van der Waals surface area contributed by atoms with Crippen LogP contribution in [0.25, 0.3) is 0 Å². The maximum Gasteiger partial charge on any atom is 3.00 e. The topological polar surface area (TPSA) is 68.8 Å². The third-order valence-corrected chi connectivity index (χ3v) is 1.43. The molecular weight excluding hydrogens is 433 g/mol. The molecule has 1 aromatic carbocycles. The summed E-state index contributed by atoms with van der Waals surface area (Å²) in [6.07, 6.45) is 0. The Hall–Kier alpha value is 1.10. The van der Waals surface area contributed by atoms with E-state index in [1.165, 1.54) is 6.07 Å². The van der Waals surface area contributed by atoms with E-state index in [0.29, 0.717) is 0 Å². The predicted octanol–water partition coefficient (Wildman–Crippen LogP) is -7.77. The van der Waals surface area contributed by atoms with Gasteiger partial charge in [0.15, 0.2) is 0 Å². The van der Waals surface area contributed by atoms with Crippen LogP contribution < -0.4 is 37.2 Å². The molecule has 0 amide bonds. The fourth-order valence-corrected chi connectivity index (χ4v) is 0.851.